The van der Waals surface area contributed by atoms with Crippen molar-refractivity contribution >= 4 is 5.96 Å². The van der Waals surface area contributed by atoms with E-state index in [4.69, 9.17) is 0 Å². The second-order valence-corrected chi connectivity index (χ2v) is 5.74. The predicted molar refractivity (Wildman–Crippen MR) is 88.4 cm³/mol. The van der Waals surface area contributed by atoms with Gasteiger partial charge >= 0.3 is 0 Å². The molecule has 20 heavy (non-hydrogen) atoms. The van der Waals surface area contributed by atoms with E-state index in [2.05, 4.69) is 27.4 Å². The SMILES string of the molecule is CCCCCCNC(=NC)NCCCCN1CCCC1. The molecule has 0 aromatic heterocycles. The Kier molecular flexibility index (Phi) is 10.4. The van der Waals surface area contributed by atoms with Gasteiger partial charge in [-0.1, -0.05) is 26.2 Å². The second kappa shape index (κ2) is 12.0. The summed E-state index contributed by atoms with van der Waals surface area (Å²) in [7, 11) is 1.85. The zero-order valence-corrected chi connectivity index (χ0v) is 13.6. The summed E-state index contributed by atoms with van der Waals surface area (Å²) in [6, 6.07) is 0. The lowest BCUT2D eigenvalue weighted by Gasteiger charge is -2.15. The van der Waals surface area contributed by atoms with Crippen molar-refractivity contribution in [2.24, 2.45) is 4.99 Å². The van der Waals surface area contributed by atoms with Crippen molar-refractivity contribution in [2.75, 3.05) is 39.8 Å². The first-order valence-electron chi connectivity index (χ1n) is 8.53. The molecule has 1 aliphatic heterocycles. The van der Waals surface area contributed by atoms with Gasteiger partial charge in [-0.2, -0.15) is 0 Å². The summed E-state index contributed by atoms with van der Waals surface area (Å²) in [6.07, 6.45) is 10.5. The highest BCUT2D eigenvalue weighted by Crippen LogP contribution is 2.07. The van der Waals surface area contributed by atoms with E-state index in [1.807, 2.05) is 7.05 Å². The van der Waals surface area contributed by atoms with E-state index in [0.29, 0.717) is 0 Å². The van der Waals surface area contributed by atoms with Gasteiger partial charge in [-0.25, -0.2) is 0 Å². The first-order valence-corrected chi connectivity index (χ1v) is 8.53. The number of nitrogens with zero attached hydrogens (tertiary/aromatic N) is 2. The average molecular weight is 282 g/mol. The maximum atomic E-state index is 4.26. The minimum Gasteiger partial charge on any atom is -0.356 e. The molecule has 4 nitrogen and oxygen atoms in total. The minimum atomic E-state index is 0.961. The van der Waals surface area contributed by atoms with Gasteiger partial charge in [-0.3, -0.25) is 4.99 Å². The Morgan fingerprint density at radius 1 is 0.950 bits per heavy atom. The zero-order valence-electron chi connectivity index (χ0n) is 13.6. The highest BCUT2D eigenvalue weighted by atomic mass is 15.2. The summed E-state index contributed by atoms with van der Waals surface area (Å²) < 4.78 is 0. The highest BCUT2D eigenvalue weighted by Gasteiger charge is 2.09. The fourth-order valence-electron chi connectivity index (χ4n) is 2.65. The maximum absolute atomic E-state index is 4.26. The van der Waals surface area contributed by atoms with Crippen molar-refractivity contribution in [3.63, 3.8) is 0 Å². The van der Waals surface area contributed by atoms with Crippen molar-refractivity contribution < 1.29 is 0 Å². The van der Waals surface area contributed by atoms with Crippen LogP contribution in [0, 0.1) is 0 Å². The first-order chi connectivity index (χ1) is 9.86. The van der Waals surface area contributed by atoms with Gasteiger partial charge in [0.05, 0.1) is 0 Å². The minimum absolute atomic E-state index is 0.961. The highest BCUT2D eigenvalue weighted by molar-refractivity contribution is 5.79. The number of aliphatic imine (C=N–C) groups is 1. The van der Waals surface area contributed by atoms with E-state index in [1.165, 1.54) is 71.0 Å². The van der Waals surface area contributed by atoms with Crippen molar-refractivity contribution in [1.29, 1.82) is 0 Å². The van der Waals surface area contributed by atoms with Gasteiger partial charge in [-0.15, -0.1) is 0 Å². The Hall–Kier alpha value is -0.770. The molecule has 2 N–H and O–H groups in total. The fraction of sp³-hybridized carbons (Fsp3) is 0.938. The smallest absolute Gasteiger partial charge is 0.190 e. The molecular weight excluding hydrogens is 248 g/mol. The largest absolute Gasteiger partial charge is 0.356 e. The van der Waals surface area contributed by atoms with Gasteiger partial charge < -0.3 is 15.5 Å². The number of hydrogen-bond acceptors (Lipinski definition) is 2. The molecular formula is C16H34N4. The average Bonchev–Trinajstić information content (AvgIpc) is 2.97. The maximum Gasteiger partial charge on any atom is 0.190 e. The first kappa shape index (κ1) is 17.3. The third-order valence-corrected chi connectivity index (χ3v) is 3.94. The molecule has 1 fully saturated rings. The standard InChI is InChI=1S/C16H34N4/c1-3-4-5-6-11-18-16(17-2)19-12-7-8-13-20-14-9-10-15-20/h3-15H2,1-2H3,(H2,17,18,19). The van der Waals surface area contributed by atoms with Crippen LogP contribution < -0.4 is 10.6 Å². The van der Waals surface area contributed by atoms with Crippen LogP contribution >= 0.6 is 0 Å². The third kappa shape index (κ3) is 8.41. The van der Waals surface area contributed by atoms with Gasteiger partial charge in [0.1, 0.15) is 0 Å². The van der Waals surface area contributed by atoms with Crippen molar-refractivity contribution in [1.82, 2.24) is 15.5 Å². The van der Waals surface area contributed by atoms with Crippen LogP contribution in [0.3, 0.4) is 0 Å². The van der Waals surface area contributed by atoms with Crippen LogP contribution in [-0.2, 0) is 0 Å². The molecule has 0 saturated carbocycles. The van der Waals surface area contributed by atoms with Gasteiger partial charge in [-0.05, 0) is 51.7 Å². The summed E-state index contributed by atoms with van der Waals surface area (Å²) >= 11 is 0. The lowest BCUT2D eigenvalue weighted by atomic mass is 10.2. The van der Waals surface area contributed by atoms with Gasteiger partial charge in [0, 0.05) is 20.1 Å². The molecule has 0 aliphatic carbocycles. The zero-order chi connectivity index (χ0) is 14.5. The molecule has 0 radical (unpaired) electrons. The van der Waals surface area contributed by atoms with E-state index < -0.39 is 0 Å². The Labute approximate surface area is 125 Å². The fourth-order valence-corrected chi connectivity index (χ4v) is 2.65. The summed E-state index contributed by atoms with van der Waals surface area (Å²) in [5, 5.41) is 6.79. The molecule has 0 aromatic carbocycles. The number of guanidine groups is 1. The van der Waals surface area contributed by atoms with Crippen LogP contribution in [0.15, 0.2) is 4.99 Å². The number of unbranched alkanes of at least 4 members (excludes halogenated alkanes) is 4. The van der Waals surface area contributed by atoms with E-state index in [1.54, 1.807) is 0 Å². The van der Waals surface area contributed by atoms with Crippen molar-refractivity contribution in [3.8, 4) is 0 Å². The molecule has 1 aliphatic rings. The van der Waals surface area contributed by atoms with Crippen LogP contribution in [0.25, 0.3) is 0 Å². The summed E-state index contributed by atoms with van der Waals surface area (Å²) in [5.74, 6) is 0.961. The van der Waals surface area contributed by atoms with E-state index in [0.717, 1.165) is 19.0 Å². The Morgan fingerprint density at radius 3 is 2.20 bits per heavy atom. The third-order valence-electron chi connectivity index (χ3n) is 3.94. The topological polar surface area (TPSA) is 39.7 Å². The van der Waals surface area contributed by atoms with E-state index in [9.17, 15) is 0 Å². The van der Waals surface area contributed by atoms with Crippen LogP contribution in [0.1, 0.15) is 58.3 Å². The van der Waals surface area contributed by atoms with Crippen LogP contribution in [0.2, 0.25) is 0 Å². The second-order valence-electron chi connectivity index (χ2n) is 5.74. The lowest BCUT2D eigenvalue weighted by molar-refractivity contribution is 0.330. The van der Waals surface area contributed by atoms with E-state index in [-0.39, 0.29) is 0 Å². The van der Waals surface area contributed by atoms with Crippen molar-refractivity contribution in [3.05, 3.63) is 0 Å². The molecule has 0 unspecified atom stereocenters. The molecule has 1 saturated heterocycles. The molecule has 118 valence electrons. The number of nitrogens with one attached hydrogen (secondary N) is 2. The summed E-state index contributed by atoms with van der Waals surface area (Å²) in [4.78, 5) is 6.85. The molecule has 1 heterocycles. The normalized spacial score (nSPS) is 16.6. The predicted octanol–water partition coefficient (Wildman–Crippen LogP) is 2.61. The number of hydrogen-bond donors (Lipinski definition) is 2. The van der Waals surface area contributed by atoms with E-state index >= 15 is 0 Å². The Balaban J connectivity index is 1.92. The quantitative estimate of drug-likeness (QED) is 0.367. The molecule has 0 spiro atoms. The Bertz CT molecular complexity index is 247. The van der Waals surface area contributed by atoms with Gasteiger partial charge in [0.25, 0.3) is 0 Å². The molecule has 0 amide bonds. The molecule has 1 rings (SSSR count). The van der Waals surface area contributed by atoms with Crippen LogP contribution in [0.4, 0.5) is 0 Å². The molecule has 0 bridgehead atoms. The molecule has 4 heteroatoms. The lowest BCUT2D eigenvalue weighted by Crippen LogP contribution is -2.38. The number of likely N-dealkylation sites (tertiary alicyclic amines) is 1. The molecule has 0 atom stereocenters. The Morgan fingerprint density at radius 2 is 1.60 bits per heavy atom. The van der Waals surface area contributed by atoms with Crippen LogP contribution in [-0.4, -0.2) is 50.6 Å². The number of rotatable bonds is 10. The summed E-state index contributed by atoms with van der Waals surface area (Å²) in [6.45, 7) is 8.21. The van der Waals surface area contributed by atoms with Gasteiger partial charge in [0.2, 0.25) is 0 Å². The van der Waals surface area contributed by atoms with Gasteiger partial charge in [0.15, 0.2) is 5.96 Å². The van der Waals surface area contributed by atoms with Crippen molar-refractivity contribution in [2.45, 2.75) is 58.3 Å². The monoisotopic (exact) mass is 282 g/mol. The summed E-state index contributed by atoms with van der Waals surface area (Å²) in [5.41, 5.74) is 0. The molecule has 0 aromatic rings. The van der Waals surface area contributed by atoms with Crippen LogP contribution in [0.5, 0.6) is 0 Å².